The van der Waals surface area contributed by atoms with E-state index in [4.69, 9.17) is 9.47 Å². The summed E-state index contributed by atoms with van der Waals surface area (Å²) in [5.74, 6) is -1.14. The Labute approximate surface area is 105 Å². The van der Waals surface area contributed by atoms with Crippen molar-refractivity contribution in [2.75, 3.05) is 6.61 Å². The second kappa shape index (κ2) is 5.49. The van der Waals surface area contributed by atoms with Crippen molar-refractivity contribution in [2.24, 2.45) is 0 Å². The third-order valence-corrected chi connectivity index (χ3v) is 2.67. The van der Waals surface area contributed by atoms with Crippen LogP contribution < -0.4 is 0 Å². The highest BCUT2D eigenvalue weighted by atomic mass is 16.6. The van der Waals surface area contributed by atoms with Crippen LogP contribution in [0.5, 0.6) is 0 Å². The van der Waals surface area contributed by atoms with Crippen LogP contribution in [-0.4, -0.2) is 18.5 Å². The summed E-state index contributed by atoms with van der Waals surface area (Å²) in [5, 5.41) is 0. The van der Waals surface area contributed by atoms with Crippen molar-refractivity contribution >= 4 is 11.9 Å². The number of rotatable bonds is 3. The van der Waals surface area contributed by atoms with Crippen LogP contribution in [0, 0.1) is 0 Å². The van der Waals surface area contributed by atoms with Gasteiger partial charge in [-0.25, -0.2) is 4.79 Å². The summed E-state index contributed by atoms with van der Waals surface area (Å²) in [7, 11) is 0. The molecule has 0 saturated carbocycles. The maximum atomic E-state index is 11.6. The van der Waals surface area contributed by atoms with Crippen molar-refractivity contribution < 1.29 is 19.1 Å². The van der Waals surface area contributed by atoms with Gasteiger partial charge in [-0.05, 0) is 18.6 Å². The van der Waals surface area contributed by atoms with Gasteiger partial charge in [0, 0.05) is 5.92 Å². The van der Waals surface area contributed by atoms with Gasteiger partial charge in [-0.3, -0.25) is 4.79 Å². The standard InChI is InChI=1S/C14H14O4/c1-2-17-14(16)12-8-11(9-13(15)18-12)10-6-4-3-5-7-10/h3-8,11H,2,9H2,1H3/t11-/m0/s1. The molecule has 2 rings (SSSR count). The zero-order valence-corrected chi connectivity index (χ0v) is 10.1. The number of ether oxygens (including phenoxy) is 2. The molecule has 1 atom stereocenters. The van der Waals surface area contributed by atoms with E-state index in [9.17, 15) is 9.59 Å². The second-order valence-corrected chi connectivity index (χ2v) is 3.95. The first-order chi connectivity index (χ1) is 8.70. The Morgan fingerprint density at radius 1 is 1.39 bits per heavy atom. The lowest BCUT2D eigenvalue weighted by molar-refractivity contribution is -0.152. The van der Waals surface area contributed by atoms with Gasteiger partial charge in [0.25, 0.3) is 0 Å². The second-order valence-electron chi connectivity index (χ2n) is 3.95. The predicted molar refractivity (Wildman–Crippen MR) is 64.6 cm³/mol. The third kappa shape index (κ3) is 2.77. The first kappa shape index (κ1) is 12.4. The zero-order valence-electron chi connectivity index (χ0n) is 10.1. The number of benzene rings is 1. The minimum Gasteiger partial charge on any atom is -0.460 e. The molecule has 0 radical (unpaired) electrons. The van der Waals surface area contributed by atoms with Gasteiger partial charge in [-0.2, -0.15) is 0 Å². The van der Waals surface area contributed by atoms with Crippen LogP contribution in [-0.2, 0) is 19.1 Å². The Bertz CT molecular complexity index is 476. The van der Waals surface area contributed by atoms with Crippen LogP contribution in [0.15, 0.2) is 42.2 Å². The molecule has 0 spiro atoms. The topological polar surface area (TPSA) is 52.6 Å². The number of carbonyl (C=O) groups excluding carboxylic acids is 2. The van der Waals surface area contributed by atoms with Crippen molar-refractivity contribution in [3.8, 4) is 0 Å². The first-order valence-electron chi connectivity index (χ1n) is 5.85. The third-order valence-electron chi connectivity index (χ3n) is 2.67. The van der Waals surface area contributed by atoms with Gasteiger partial charge in [-0.15, -0.1) is 0 Å². The lowest BCUT2D eigenvalue weighted by atomic mass is 9.93. The summed E-state index contributed by atoms with van der Waals surface area (Å²) >= 11 is 0. The Morgan fingerprint density at radius 2 is 2.11 bits per heavy atom. The van der Waals surface area contributed by atoms with Crippen LogP contribution in [0.1, 0.15) is 24.8 Å². The fourth-order valence-electron chi connectivity index (χ4n) is 1.85. The van der Waals surface area contributed by atoms with Gasteiger partial charge in [0.15, 0.2) is 0 Å². The Kier molecular flexibility index (Phi) is 3.77. The lowest BCUT2D eigenvalue weighted by Crippen LogP contribution is -2.21. The monoisotopic (exact) mass is 246 g/mol. The highest BCUT2D eigenvalue weighted by Crippen LogP contribution is 2.28. The van der Waals surface area contributed by atoms with Gasteiger partial charge in [-0.1, -0.05) is 30.3 Å². The molecular weight excluding hydrogens is 232 g/mol. The minimum atomic E-state index is -0.591. The molecule has 1 aliphatic rings. The van der Waals surface area contributed by atoms with Gasteiger partial charge in [0.05, 0.1) is 13.0 Å². The number of carbonyl (C=O) groups is 2. The predicted octanol–water partition coefficient (Wildman–Crippen LogP) is 2.16. The molecule has 4 heteroatoms. The van der Waals surface area contributed by atoms with Crippen LogP contribution in [0.3, 0.4) is 0 Å². The quantitative estimate of drug-likeness (QED) is 0.767. The van der Waals surface area contributed by atoms with E-state index >= 15 is 0 Å². The van der Waals surface area contributed by atoms with Crippen molar-refractivity contribution in [2.45, 2.75) is 19.3 Å². The molecule has 0 unspecified atom stereocenters. The highest BCUT2D eigenvalue weighted by Gasteiger charge is 2.27. The van der Waals surface area contributed by atoms with Crippen molar-refractivity contribution in [1.82, 2.24) is 0 Å². The first-order valence-corrected chi connectivity index (χ1v) is 5.85. The lowest BCUT2D eigenvalue weighted by Gasteiger charge is -2.19. The van der Waals surface area contributed by atoms with E-state index in [2.05, 4.69) is 0 Å². The molecule has 0 saturated heterocycles. The van der Waals surface area contributed by atoms with Crippen molar-refractivity contribution in [1.29, 1.82) is 0 Å². The minimum absolute atomic E-state index is 0.0121. The Balaban J connectivity index is 2.24. The van der Waals surface area contributed by atoms with Gasteiger partial charge >= 0.3 is 11.9 Å². The number of allylic oxidation sites excluding steroid dienone is 1. The largest absolute Gasteiger partial charge is 0.460 e. The van der Waals surface area contributed by atoms with Gasteiger partial charge < -0.3 is 9.47 Å². The molecule has 0 N–H and O–H groups in total. The van der Waals surface area contributed by atoms with E-state index in [1.165, 1.54) is 0 Å². The zero-order chi connectivity index (χ0) is 13.0. The van der Waals surface area contributed by atoms with Crippen LogP contribution in [0.25, 0.3) is 0 Å². The van der Waals surface area contributed by atoms with E-state index in [1.54, 1.807) is 13.0 Å². The molecule has 0 fully saturated rings. The van der Waals surface area contributed by atoms with Crippen molar-refractivity contribution in [3.63, 3.8) is 0 Å². The average Bonchev–Trinajstić information content (AvgIpc) is 2.39. The van der Waals surface area contributed by atoms with Crippen LogP contribution in [0.2, 0.25) is 0 Å². The normalized spacial score (nSPS) is 18.8. The number of cyclic esters (lactones) is 1. The van der Waals surface area contributed by atoms with Crippen molar-refractivity contribution in [3.05, 3.63) is 47.7 Å². The summed E-state index contributed by atoms with van der Waals surface area (Å²) in [5.41, 5.74) is 0.982. The highest BCUT2D eigenvalue weighted by molar-refractivity contribution is 5.91. The molecule has 1 aromatic rings. The molecule has 1 aromatic carbocycles. The summed E-state index contributed by atoms with van der Waals surface area (Å²) < 4.78 is 9.73. The molecular formula is C14H14O4. The molecule has 4 nitrogen and oxygen atoms in total. The molecule has 18 heavy (non-hydrogen) atoms. The smallest absolute Gasteiger partial charge is 0.374 e. The number of hydrogen-bond donors (Lipinski definition) is 0. The fraction of sp³-hybridized carbons (Fsp3) is 0.286. The van der Waals surface area contributed by atoms with E-state index < -0.39 is 11.9 Å². The summed E-state index contributed by atoms with van der Waals surface area (Å²) in [6.07, 6.45) is 1.89. The SMILES string of the molecule is CCOC(=O)C1=C[C@H](c2ccccc2)CC(=O)O1. The van der Waals surface area contributed by atoms with E-state index in [-0.39, 0.29) is 24.7 Å². The Morgan fingerprint density at radius 3 is 2.78 bits per heavy atom. The number of esters is 2. The van der Waals surface area contributed by atoms with Crippen LogP contribution >= 0.6 is 0 Å². The molecule has 1 aliphatic heterocycles. The van der Waals surface area contributed by atoms with E-state index in [0.717, 1.165) is 5.56 Å². The summed E-state index contributed by atoms with van der Waals surface area (Å²) in [6.45, 7) is 1.96. The summed E-state index contributed by atoms with van der Waals surface area (Å²) in [6, 6.07) is 9.53. The summed E-state index contributed by atoms with van der Waals surface area (Å²) in [4.78, 5) is 23.0. The molecule has 1 heterocycles. The van der Waals surface area contributed by atoms with E-state index in [0.29, 0.717) is 0 Å². The molecule has 0 aliphatic carbocycles. The molecule has 94 valence electrons. The maximum absolute atomic E-state index is 11.6. The van der Waals surface area contributed by atoms with Crippen LogP contribution in [0.4, 0.5) is 0 Å². The molecule has 0 amide bonds. The maximum Gasteiger partial charge on any atom is 0.374 e. The Hall–Kier alpha value is -2.10. The molecule has 0 aromatic heterocycles. The van der Waals surface area contributed by atoms with E-state index in [1.807, 2.05) is 30.3 Å². The van der Waals surface area contributed by atoms with Gasteiger partial charge in [0.2, 0.25) is 5.76 Å². The van der Waals surface area contributed by atoms with Gasteiger partial charge in [0.1, 0.15) is 0 Å². The number of hydrogen-bond acceptors (Lipinski definition) is 4. The fourth-order valence-corrected chi connectivity index (χ4v) is 1.85. The molecule has 0 bridgehead atoms. The average molecular weight is 246 g/mol.